The van der Waals surface area contributed by atoms with Crippen LogP contribution in [0.3, 0.4) is 0 Å². The van der Waals surface area contributed by atoms with E-state index in [9.17, 15) is 4.79 Å². The van der Waals surface area contributed by atoms with E-state index >= 15 is 0 Å². The highest BCUT2D eigenvalue weighted by Gasteiger charge is 2.17. The average Bonchev–Trinajstić information content (AvgIpc) is 2.64. The maximum atomic E-state index is 11.8. The van der Waals surface area contributed by atoms with Crippen LogP contribution in [-0.2, 0) is 0 Å². The van der Waals surface area contributed by atoms with Crippen molar-refractivity contribution in [2.75, 3.05) is 10.7 Å². The van der Waals surface area contributed by atoms with Crippen LogP contribution in [0, 0.1) is 0 Å². The Balaban J connectivity index is 2.18. The lowest BCUT2D eigenvalue weighted by atomic mass is 10.2. The molecular weight excluding hydrogens is 190 g/mol. The molecule has 4 heteroatoms. The van der Waals surface area contributed by atoms with E-state index in [1.165, 1.54) is 0 Å². The number of carbonyl (C=O) groups is 1. The number of benzene rings is 1. The van der Waals surface area contributed by atoms with Crippen molar-refractivity contribution in [3.8, 4) is 0 Å². The van der Waals surface area contributed by atoms with Crippen LogP contribution in [0.25, 0.3) is 0 Å². The standard InChI is InChI=1S/C11H9N3O/c15-11-10-6-3-7-14(10)13-9-5-2-1-4-8(9)12-11/h1-7,13H,(H,12,15). The Kier molecular flexibility index (Phi) is 1.56. The molecule has 0 spiro atoms. The predicted molar refractivity (Wildman–Crippen MR) is 57.8 cm³/mol. The highest BCUT2D eigenvalue weighted by molar-refractivity contribution is 6.06. The molecule has 2 aromatic rings. The number of nitrogens with one attached hydrogen (secondary N) is 2. The number of aromatic nitrogens is 1. The molecule has 2 N–H and O–H groups in total. The Hall–Kier alpha value is -2.23. The van der Waals surface area contributed by atoms with Crippen molar-refractivity contribution >= 4 is 17.3 Å². The number of para-hydroxylation sites is 2. The van der Waals surface area contributed by atoms with Gasteiger partial charge < -0.3 is 5.32 Å². The van der Waals surface area contributed by atoms with Gasteiger partial charge in [0.05, 0.1) is 11.4 Å². The van der Waals surface area contributed by atoms with Crippen LogP contribution >= 0.6 is 0 Å². The SMILES string of the molecule is O=C1Nc2ccccc2Nn2cccc21. The third-order valence-electron chi connectivity index (χ3n) is 2.40. The fraction of sp³-hybridized carbons (Fsp3) is 0. The molecule has 0 bridgehead atoms. The summed E-state index contributed by atoms with van der Waals surface area (Å²) in [5.41, 5.74) is 5.44. The largest absolute Gasteiger partial charge is 0.319 e. The number of nitrogens with zero attached hydrogens (tertiary/aromatic N) is 1. The number of hydrogen-bond acceptors (Lipinski definition) is 2. The fourth-order valence-electron chi connectivity index (χ4n) is 1.67. The molecule has 1 aliphatic heterocycles. The van der Waals surface area contributed by atoms with E-state index in [0.717, 1.165) is 11.4 Å². The van der Waals surface area contributed by atoms with Crippen LogP contribution in [0.5, 0.6) is 0 Å². The first-order valence-corrected chi connectivity index (χ1v) is 4.69. The summed E-state index contributed by atoms with van der Waals surface area (Å²) in [5, 5.41) is 2.84. The van der Waals surface area contributed by atoms with Gasteiger partial charge in [0.15, 0.2) is 0 Å². The first-order valence-electron chi connectivity index (χ1n) is 4.69. The Labute approximate surface area is 86.5 Å². The molecule has 1 aliphatic rings. The van der Waals surface area contributed by atoms with Gasteiger partial charge in [0.2, 0.25) is 0 Å². The monoisotopic (exact) mass is 199 g/mol. The molecular formula is C11H9N3O. The van der Waals surface area contributed by atoms with E-state index in [-0.39, 0.29) is 5.91 Å². The molecule has 0 fully saturated rings. The van der Waals surface area contributed by atoms with E-state index in [2.05, 4.69) is 10.7 Å². The van der Waals surface area contributed by atoms with Crippen molar-refractivity contribution in [3.63, 3.8) is 0 Å². The summed E-state index contributed by atoms with van der Waals surface area (Å²) < 4.78 is 1.71. The molecule has 0 aliphatic carbocycles. The summed E-state index contributed by atoms with van der Waals surface area (Å²) in [6.45, 7) is 0. The minimum absolute atomic E-state index is 0.0996. The minimum atomic E-state index is -0.0996. The molecule has 0 unspecified atom stereocenters. The molecule has 1 amide bonds. The topological polar surface area (TPSA) is 46.1 Å². The molecule has 0 atom stereocenters. The first kappa shape index (κ1) is 8.11. The van der Waals surface area contributed by atoms with Crippen molar-refractivity contribution in [1.29, 1.82) is 0 Å². The maximum absolute atomic E-state index is 11.8. The van der Waals surface area contributed by atoms with Crippen LogP contribution in [0.4, 0.5) is 11.4 Å². The zero-order valence-corrected chi connectivity index (χ0v) is 7.90. The van der Waals surface area contributed by atoms with E-state index in [4.69, 9.17) is 0 Å². The van der Waals surface area contributed by atoms with Gasteiger partial charge in [0.1, 0.15) is 5.69 Å². The number of carbonyl (C=O) groups excluding carboxylic acids is 1. The molecule has 15 heavy (non-hydrogen) atoms. The lowest BCUT2D eigenvalue weighted by Crippen LogP contribution is -2.15. The van der Waals surface area contributed by atoms with Gasteiger partial charge in [0.25, 0.3) is 5.91 Å². The van der Waals surface area contributed by atoms with Gasteiger partial charge in [0, 0.05) is 6.20 Å². The van der Waals surface area contributed by atoms with Gasteiger partial charge in [-0.3, -0.25) is 14.9 Å². The summed E-state index contributed by atoms with van der Waals surface area (Å²) in [4.78, 5) is 11.8. The second kappa shape index (κ2) is 2.88. The van der Waals surface area contributed by atoms with Crippen LogP contribution in [0.15, 0.2) is 42.6 Å². The van der Waals surface area contributed by atoms with Crippen LogP contribution < -0.4 is 10.7 Å². The van der Waals surface area contributed by atoms with E-state index < -0.39 is 0 Å². The van der Waals surface area contributed by atoms with Crippen LogP contribution in [0.1, 0.15) is 10.5 Å². The van der Waals surface area contributed by atoms with Crippen molar-refractivity contribution in [2.45, 2.75) is 0 Å². The summed E-state index contributed by atoms with van der Waals surface area (Å²) in [6, 6.07) is 11.2. The molecule has 0 saturated heterocycles. The lowest BCUT2D eigenvalue weighted by molar-refractivity contribution is 0.102. The average molecular weight is 199 g/mol. The molecule has 0 radical (unpaired) electrons. The smallest absolute Gasteiger partial charge is 0.274 e. The quantitative estimate of drug-likeness (QED) is 0.681. The van der Waals surface area contributed by atoms with Gasteiger partial charge in [-0.25, -0.2) is 0 Å². The molecule has 1 aromatic heterocycles. The summed E-state index contributed by atoms with van der Waals surface area (Å²) in [6.07, 6.45) is 1.82. The van der Waals surface area contributed by atoms with Crippen molar-refractivity contribution in [2.24, 2.45) is 0 Å². The molecule has 0 saturated carbocycles. The summed E-state index contributed by atoms with van der Waals surface area (Å²) >= 11 is 0. The summed E-state index contributed by atoms with van der Waals surface area (Å²) in [5.74, 6) is -0.0996. The second-order valence-electron chi connectivity index (χ2n) is 3.37. The number of amides is 1. The highest BCUT2D eigenvalue weighted by Crippen LogP contribution is 2.24. The van der Waals surface area contributed by atoms with Crippen molar-refractivity contribution < 1.29 is 4.79 Å². The predicted octanol–water partition coefficient (Wildman–Crippen LogP) is 1.93. The van der Waals surface area contributed by atoms with Crippen molar-refractivity contribution in [1.82, 2.24) is 4.68 Å². The molecule has 4 nitrogen and oxygen atoms in total. The highest BCUT2D eigenvalue weighted by atomic mass is 16.2. The normalized spacial score (nSPS) is 13.2. The number of fused-ring (bicyclic) bond motifs is 2. The van der Waals surface area contributed by atoms with E-state index in [1.807, 2.05) is 36.5 Å². The molecule has 74 valence electrons. The zero-order chi connectivity index (χ0) is 10.3. The third-order valence-corrected chi connectivity index (χ3v) is 2.40. The Bertz CT molecular complexity index is 530. The number of hydrogen-bond donors (Lipinski definition) is 2. The molecule has 1 aromatic carbocycles. The van der Waals surface area contributed by atoms with Crippen LogP contribution in [0.2, 0.25) is 0 Å². The van der Waals surface area contributed by atoms with E-state index in [0.29, 0.717) is 5.69 Å². The Morgan fingerprint density at radius 1 is 1.00 bits per heavy atom. The maximum Gasteiger partial charge on any atom is 0.274 e. The van der Waals surface area contributed by atoms with Crippen molar-refractivity contribution in [3.05, 3.63) is 48.3 Å². The number of rotatable bonds is 0. The van der Waals surface area contributed by atoms with E-state index in [1.54, 1.807) is 10.7 Å². The zero-order valence-electron chi connectivity index (χ0n) is 7.90. The molecule has 2 heterocycles. The summed E-state index contributed by atoms with van der Waals surface area (Å²) in [7, 11) is 0. The molecule has 3 rings (SSSR count). The fourth-order valence-corrected chi connectivity index (χ4v) is 1.67. The second-order valence-corrected chi connectivity index (χ2v) is 3.37. The Morgan fingerprint density at radius 2 is 1.80 bits per heavy atom. The Morgan fingerprint density at radius 3 is 2.67 bits per heavy atom. The van der Waals surface area contributed by atoms with Gasteiger partial charge in [-0.2, -0.15) is 0 Å². The van der Waals surface area contributed by atoms with Gasteiger partial charge in [-0.1, -0.05) is 12.1 Å². The third kappa shape index (κ3) is 1.19. The lowest BCUT2D eigenvalue weighted by Gasteiger charge is -2.08. The number of anilines is 2. The van der Waals surface area contributed by atoms with Gasteiger partial charge in [-0.15, -0.1) is 0 Å². The van der Waals surface area contributed by atoms with Crippen LogP contribution in [-0.4, -0.2) is 10.6 Å². The van der Waals surface area contributed by atoms with Gasteiger partial charge >= 0.3 is 0 Å². The van der Waals surface area contributed by atoms with Gasteiger partial charge in [-0.05, 0) is 24.3 Å². The first-order chi connectivity index (χ1) is 7.34. The minimum Gasteiger partial charge on any atom is -0.319 e.